The number of ketones is 1. The lowest BCUT2D eigenvalue weighted by Crippen LogP contribution is -2.45. The Morgan fingerprint density at radius 3 is 2.33 bits per heavy atom. The predicted molar refractivity (Wildman–Crippen MR) is 140 cm³/mol. The van der Waals surface area contributed by atoms with Gasteiger partial charge in [0.15, 0.2) is 9.84 Å². The van der Waals surface area contributed by atoms with Crippen LogP contribution in [-0.4, -0.2) is 48.3 Å². The summed E-state index contributed by atoms with van der Waals surface area (Å²) in [6.45, 7) is 0.366. The summed E-state index contributed by atoms with van der Waals surface area (Å²) in [5.41, 5.74) is 2.13. The molecule has 0 radical (unpaired) electrons. The van der Waals surface area contributed by atoms with Gasteiger partial charge >= 0.3 is 0 Å². The first kappa shape index (κ1) is 25.8. The number of likely N-dealkylation sites (tertiary alicyclic amines) is 1. The molecule has 7 heteroatoms. The molecule has 1 amide bonds. The molecule has 0 saturated carbocycles. The van der Waals surface area contributed by atoms with E-state index in [4.69, 9.17) is 0 Å². The van der Waals surface area contributed by atoms with Gasteiger partial charge in [0.25, 0.3) is 11.7 Å². The zero-order chi connectivity index (χ0) is 25.4. The number of carbonyl (C=O) groups excluding carboxylic acids is 2. The summed E-state index contributed by atoms with van der Waals surface area (Å²) in [5.74, 6) is -1.26. The molecule has 36 heavy (non-hydrogen) atoms. The highest BCUT2D eigenvalue weighted by molar-refractivity contribution is 7.91. The van der Waals surface area contributed by atoms with Gasteiger partial charge in [-0.15, -0.1) is 0 Å². The van der Waals surface area contributed by atoms with Crippen molar-refractivity contribution in [1.82, 2.24) is 9.88 Å². The Balaban J connectivity index is 1.49. The van der Waals surface area contributed by atoms with Crippen molar-refractivity contribution < 1.29 is 18.0 Å². The molecular weight excluding hydrogens is 472 g/mol. The van der Waals surface area contributed by atoms with E-state index in [1.165, 1.54) is 22.9 Å². The summed E-state index contributed by atoms with van der Waals surface area (Å²) < 4.78 is 27.5. The highest BCUT2D eigenvalue weighted by atomic mass is 32.2. The minimum absolute atomic E-state index is 0.0520. The fourth-order valence-electron chi connectivity index (χ4n) is 5.00. The molecule has 3 aromatic rings. The van der Waals surface area contributed by atoms with Gasteiger partial charge in [0, 0.05) is 24.5 Å². The normalized spacial score (nSPS) is 16.6. The molecule has 6 nitrogen and oxygen atoms in total. The van der Waals surface area contributed by atoms with Crippen LogP contribution in [0.15, 0.2) is 85.2 Å². The molecule has 1 fully saturated rings. The van der Waals surface area contributed by atoms with Crippen LogP contribution in [0.25, 0.3) is 0 Å². The summed E-state index contributed by atoms with van der Waals surface area (Å²) in [5, 5.41) is -0.860. The summed E-state index contributed by atoms with van der Waals surface area (Å²) in [7, 11) is -3.58. The van der Waals surface area contributed by atoms with Crippen molar-refractivity contribution >= 4 is 21.5 Å². The highest BCUT2D eigenvalue weighted by Crippen LogP contribution is 2.36. The minimum Gasteiger partial charge on any atom is -0.331 e. The van der Waals surface area contributed by atoms with E-state index >= 15 is 0 Å². The number of Topliss-reactive ketones (excluding diaryl/α,β-unsaturated/α-hetero) is 1. The first-order valence-corrected chi connectivity index (χ1v) is 14.2. The van der Waals surface area contributed by atoms with E-state index in [0.29, 0.717) is 31.4 Å². The molecule has 1 saturated heterocycles. The zero-order valence-electron chi connectivity index (χ0n) is 20.3. The molecule has 0 N–H and O–H groups in total. The van der Waals surface area contributed by atoms with Crippen molar-refractivity contribution in [3.63, 3.8) is 0 Å². The van der Waals surface area contributed by atoms with Crippen LogP contribution in [0.3, 0.4) is 0 Å². The minimum atomic E-state index is -3.58. The summed E-state index contributed by atoms with van der Waals surface area (Å²) in [6.07, 6.45) is 7.32. The number of aryl methyl sites for hydroxylation is 1. The van der Waals surface area contributed by atoms with E-state index in [-0.39, 0.29) is 11.3 Å². The standard InChI is InChI=1S/C29H32N2O4S/c32-27(25-17-10-19-30-22-25)29(33)31-20-11-18-26(31)28(24-15-7-2-8-16-24)36(34,35)21-9-3-6-14-23-12-4-1-5-13-23/h1-2,4-5,7-8,10,12-13,15-17,19,22,26,28H,3,6,9,11,14,18,20-21H2/t26-,28?/m0/s1. The monoisotopic (exact) mass is 504 g/mol. The molecule has 4 rings (SSSR count). The summed E-state index contributed by atoms with van der Waals surface area (Å²) in [4.78, 5) is 31.5. The number of aromatic nitrogens is 1. The lowest BCUT2D eigenvalue weighted by atomic mass is 10.0. The number of hydrogen-bond donors (Lipinski definition) is 0. The molecular formula is C29H32N2O4S. The SMILES string of the molecule is O=C(C(=O)N1CCC[C@H]1C(c1ccccc1)S(=O)(=O)CCCCCc1ccccc1)c1cccnc1. The van der Waals surface area contributed by atoms with Gasteiger partial charge in [-0.1, -0.05) is 67.1 Å². The van der Waals surface area contributed by atoms with Gasteiger partial charge in [-0.3, -0.25) is 14.6 Å². The smallest absolute Gasteiger partial charge is 0.295 e. The Morgan fingerprint density at radius 1 is 0.917 bits per heavy atom. The van der Waals surface area contributed by atoms with E-state index in [9.17, 15) is 18.0 Å². The third kappa shape index (κ3) is 6.26. The maximum absolute atomic E-state index is 13.7. The maximum Gasteiger partial charge on any atom is 0.295 e. The number of rotatable bonds is 11. The Kier molecular flexibility index (Phi) is 8.65. The van der Waals surface area contributed by atoms with Gasteiger partial charge in [-0.2, -0.15) is 0 Å². The Morgan fingerprint density at radius 2 is 1.64 bits per heavy atom. The number of benzene rings is 2. The van der Waals surface area contributed by atoms with Gasteiger partial charge in [0.05, 0.1) is 11.8 Å². The van der Waals surface area contributed by atoms with Crippen LogP contribution >= 0.6 is 0 Å². The van der Waals surface area contributed by atoms with Crippen LogP contribution in [0, 0.1) is 0 Å². The molecule has 0 spiro atoms. The molecule has 1 aliphatic heterocycles. The fraction of sp³-hybridized carbons (Fsp3) is 0.345. The zero-order valence-corrected chi connectivity index (χ0v) is 21.1. The van der Waals surface area contributed by atoms with E-state index in [2.05, 4.69) is 17.1 Å². The van der Waals surface area contributed by atoms with Crippen molar-refractivity contribution in [2.75, 3.05) is 12.3 Å². The molecule has 0 aliphatic carbocycles. The quantitative estimate of drug-likeness (QED) is 0.212. The number of sulfone groups is 1. The number of nitrogens with zero attached hydrogens (tertiary/aromatic N) is 2. The number of unbranched alkanes of at least 4 members (excludes halogenated alkanes) is 2. The van der Waals surface area contributed by atoms with Crippen LogP contribution < -0.4 is 0 Å². The molecule has 1 aromatic heterocycles. The average molecular weight is 505 g/mol. The van der Waals surface area contributed by atoms with Gasteiger partial charge < -0.3 is 4.90 Å². The Labute approximate surface area is 213 Å². The number of hydrogen-bond acceptors (Lipinski definition) is 5. The van der Waals surface area contributed by atoms with Crippen LogP contribution in [0.4, 0.5) is 0 Å². The third-order valence-corrected chi connectivity index (χ3v) is 9.00. The Hall–Kier alpha value is -3.32. The molecule has 0 bridgehead atoms. The van der Waals surface area contributed by atoms with Crippen LogP contribution in [0.1, 0.15) is 58.8 Å². The van der Waals surface area contributed by atoms with E-state index < -0.39 is 32.8 Å². The maximum atomic E-state index is 13.7. The van der Waals surface area contributed by atoms with Crippen LogP contribution in [-0.2, 0) is 21.1 Å². The molecule has 2 heterocycles. The van der Waals surface area contributed by atoms with Gasteiger partial charge in [0.1, 0.15) is 5.25 Å². The molecule has 2 atom stereocenters. The Bertz CT molecular complexity index is 1250. The second kappa shape index (κ2) is 12.1. The van der Waals surface area contributed by atoms with E-state index in [1.807, 2.05) is 48.5 Å². The van der Waals surface area contributed by atoms with Crippen molar-refractivity contribution in [1.29, 1.82) is 0 Å². The van der Waals surface area contributed by atoms with Crippen molar-refractivity contribution in [2.45, 2.75) is 49.8 Å². The number of carbonyl (C=O) groups is 2. The first-order chi connectivity index (χ1) is 17.5. The highest BCUT2D eigenvalue weighted by Gasteiger charge is 2.43. The molecule has 1 unspecified atom stereocenters. The largest absolute Gasteiger partial charge is 0.331 e. The van der Waals surface area contributed by atoms with Crippen molar-refractivity contribution in [2.24, 2.45) is 0 Å². The van der Waals surface area contributed by atoms with Crippen molar-refractivity contribution in [3.05, 3.63) is 102 Å². The topological polar surface area (TPSA) is 84.4 Å². The van der Waals surface area contributed by atoms with Gasteiger partial charge in [-0.25, -0.2) is 8.42 Å². The number of amides is 1. The summed E-state index contributed by atoms with van der Waals surface area (Å²) >= 11 is 0. The molecule has 1 aliphatic rings. The second-order valence-electron chi connectivity index (χ2n) is 9.27. The van der Waals surface area contributed by atoms with Crippen LogP contribution in [0.5, 0.6) is 0 Å². The first-order valence-electron chi connectivity index (χ1n) is 12.5. The second-order valence-corrected chi connectivity index (χ2v) is 11.5. The fourth-order valence-corrected chi connectivity index (χ4v) is 7.20. The van der Waals surface area contributed by atoms with Crippen LogP contribution in [0.2, 0.25) is 0 Å². The van der Waals surface area contributed by atoms with E-state index in [1.54, 1.807) is 12.1 Å². The van der Waals surface area contributed by atoms with E-state index in [0.717, 1.165) is 19.3 Å². The lowest BCUT2D eigenvalue weighted by molar-refractivity contribution is -0.127. The number of pyridine rings is 1. The molecule has 188 valence electrons. The summed E-state index contributed by atoms with van der Waals surface area (Å²) in [6, 6.07) is 21.9. The van der Waals surface area contributed by atoms with Gasteiger partial charge in [0.2, 0.25) is 0 Å². The molecule has 2 aromatic carbocycles. The lowest BCUT2D eigenvalue weighted by Gasteiger charge is -2.31. The van der Waals surface area contributed by atoms with Crippen molar-refractivity contribution in [3.8, 4) is 0 Å². The predicted octanol–water partition coefficient (Wildman–Crippen LogP) is 4.82. The third-order valence-electron chi connectivity index (χ3n) is 6.78. The average Bonchev–Trinajstić information content (AvgIpc) is 3.38. The van der Waals surface area contributed by atoms with Gasteiger partial charge in [-0.05, 0) is 55.4 Å².